The number of thiophene rings is 1. The molecule has 1 N–H and O–H groups in total. The largest absolute Gasteiger partial charge is 0.333 e. The summed E-state index contributed by atoms with van der Waals surface area (Å²) in [5.41, 5.74) is 0.455. The molecule has 0 aliphatic carbocycles. The SMILES string of the molecule is CC[C@@H](C)CN(CC(=O)N(Cc1ccc(F)cc1)Cc1ccc(C)s1)C(=O)NC(C)(C)C. The zero-order chi connectivity index (χ0) is 23.9. The van der Waals surface area contributed by atoms with E-state index in [2.05, 4.69) is 19.2 Å². The highest BCUT2D eigenvalue weighted by Gasteiger charge is 2.25. The maximum Gasteiger partial charge on any atom is 0.318 e. The van der Waals surface area contributed by atoms with Crippen molar-refractivity contribution < 1.29 is 14.0 Å². The number of nitrogens with one attached hydrogen (secondary N) is 1. The van der Waals surface area contributed by atoms with Gasteiger partial charge in [-0.1, -0.05) is 32.4 Å². The van der Waals surface area contributed by atoms with Crippen LogP contribution >= 0.6 is 11.3 Å². The van der Waals surface area contributed by atoms with Gasteiger partial charge in [-0.15, -0.1) is 11.3 Å². The van der Waals surface area contributed by atoms with Crippen molar-refractivity contribution in [3.8, 4) is 0 Å². The predicted molar refractivity (Wildman–Crippen MR) is 129 cm³/mol. The number of rotatable bonds is 9. The fourth-order valence-corrected chi connectivity index (χ4v) is 4.09. The molecule has 5 nitrogen and oxygen atoms in total. The zero-order valence-corrected chi connectivity index (χ0v) is 20.9. The first-order valence-corrected chi connectivity index (χ1v) is 11.9. The van der Waals surface area contributed by atoms with Gasteiger partial charge < -0.3 is 15.1 Å². The van der Waals surface area contributed by atoms with Gasteiger partial charge in [0.25, 0.3) is 0 Å². The van der Waals surface area contributed by atoms with E-state index in [0.717, 1.165) is 16.9 Å². The lowest BCUT2D eigenvalue weighted by molar-refractivity contribution is -0.133. The van der Waals surface area contributed by atoms with Gasteiger partial charge in [0, 0.05) is 28.4 Å². The molecule has 3 amide bonds. The topological polar surface area (TPSA) is 52.7 Å². The number of amides is 3. The number of benzene rings is 1. The van der Waals surface area contributed by atoms with Gasteiger partial charge in [-0.2, -0.15) is 0 Å². The number of carbonyl (C=O) groups is 2. The van der Waals surface area contributed by atoms with Crippen LogP contribution in [0.1, 0.15) is 56.4 Å². The van der Waals surface area contributed by atoms with E-state index < -0.39 is 5.54 Å². The highest BCUT2D eigenvalue weighted by atomic mass is 32.1. The van der Waals surface area contributed by atoms with Gasteiger partial charge >= 0.3 is 6.03 Å². The molecule has 0 bridgehead atoms. The second-order valence-electron chi connectivity index (χ2n) is 9.46. The number of hydrogen-bond donors (Lipinski definition) is 1. The Morgan fingerprint density at radius 1 is 1.06 bits per heavy atom. The van der Waals surface area contributed by atoms with Gasteiger partial charge in [-0.25, -0.2) is 9.18 Å². The van der Waals surface area contributed by atoms with Crippen LogP contribution in [-0.2, 0) is 17.9 Å². The maximum atomic E-state index is 13.4. The fourth-order valence-electron chi connectivity index (χ4n) is 3.19. The second kappa shape index (κ2) is 11.5. The van der Waals surface area contributed by atoms with Crippen LogP contribution in [0.3, 0.4) is 0 Å². The number of aryl methyl sites for hydroxylation is 1. The van der Waals surface area contributed by atoms with Crippen LogP contribution in [0.5, 0.6) is 0 Å². The molecule has 0 saturated heterocycles. The van der Waals surface area contributed by atoms with Crippen molar-refractivity contribution in [1.29, 1.82) is 0 Å². The van der Waals surface area contributed by atoms with Crippen molar-refractivity contribution in [2.24, 2.45) is 5.92 Å². The van der Waals surface area contributed by atoms with Crippen LogP contribution in [0.2, 0.25) is 0 Å². The molecular weight excluding hydrogens is 425 g/mol. The molecule has 0 aliphatic rings. The standard InChI is InChI=1S/C25H36FN3O2S/c1-7-18(2)14-29(24(31)27-25(4,5)6)17-23(30)28(16-22-13-8-19(3)32-22)15-20-9-11-21(26)12-10-20/h8-13,18H,7,14-17H2,1-6H3,(H,27,31)/t18-/m1/s1. The van der Waals surface area contributed by atoms with E-state index in [9.17, 15) is 14.0 Å². The molecule has 0 saturated carbocycles. The summed E-state index contributed by atoms with van der Waals surface area (Å²) in [4.78, 5) is 31.9. The Labute approximate surface area is 195 Å². The summed E-state index contributed by atoms with van der Waals surface area (Å²) in [6, 6.07) is 10.0. The molecule has 0 unspecified atom stereocenters. The summed E-state index contributed by atoms with van der Waals surface area (Å²) in [6.07, 6.45) is 0.918. The van der Waals surface area contributed by atoms with Gasteiger partial charge in [0.15, 0.2) is 0 Å². The number of urea groups is 1. The molecule has 2 rings (SSSR count). The minimum Gasteiger partial charge on any atom is -0.333 e. The third-order valence-electron chi connectivity index (χ3n) is 5.11. The second-order valence-corrected chi connectivity index (χ2v) is 10.8. The molecular formula is C25H36FN3O2S. The lowest BCUT2D eigenvalue weighted by Crippen LogP contribution is -2.52. The summed E-state index contributed by atoms with van der Waals surface area (Å²) >= 11 is 1.65. The van der Waals surface area contributed by atoms with E-state index in [-0.39, 0.29) is 30.2 Å². The summed E-state index contributed by atoms with van der Waals surface area (Å²) in [5.74, 6) is -0.161. The molecule has 1 atom stereocenters. The van der Waals surface area contributed by atoms with Crippen molar-refractivity contribution in [1.82, 2.24) is 15.1 Å². The third-order valence-corrected chi connectivity index (χ3v) is 6.09. The Morgan fingerprint density at radius 3 is 2.25 bits per heavy atom. The summed E-state index contributed by atoms with van der Waals surface area (Å²) in [5, 5.41) is 2.98. The monoisotopic (exact) mass is 461 g/mol. The molecule has 7 heteroatoms. The lowest BCUT2D eigenvalue weighted by atomic mass is 10.1. The van der Waals surface area contributed by atoms with E-state index in [4.69, 9.17) is 0 Å². The van der Waals surface area contributed by atoms with Gasteiger partial charge in [-0.05, 0) is 63.4 Å². The number of halogens is 1. The molecule has 176 valence electrons. The smallest absolute Gasteiger partial charge is 0.318 e. The first kappa shape index (κ1) is 25.8. The van der Waals surface area contributed by atoms with Crippen LogP contribution in [-0.4, -0.2) is 40.4 Å². The maximum absolute atomic E-state index is 13.4. The van der Waals surface area contributed by atoms with E-state index in [1.54, 1.807) is 33.3 Å². The Morgan fingerprint density at radius 2 is 1.72 bits per heavy atom. The Hall–Kier alpha value is -2.41. The normalized spacial score (nSPS) is 12.3. The van der Waals surface area contributed by atoms with Crippen LogP contribution in [0, 0.1) is 18.7 Å². The highest BCUT2D eigenvalue weighted by Crippen LogP contribution is 2.19. The van der Waals surface area contributed by atoms with Gasteiger partial charge in [-0.3, -0.25) is 4.79 Å². The Bertz CT molecular complexity index is 889. The highest BCUT2D eigenvalue weighted by molar-refractivity contribution is 7.11. The molecule has 1 heterocycles. The van der Waals surface area contributed by atoms with Gasteiger partial charge in [0.05, 0.1) is 6.54 Å². The molecule has 2 aromatic rings. The van der Waals surface area contributed by atoms with Gasteiger partial charge in [0.2, 0.25) is 5.91 Å². The fraction of sp³-hybridized carbons (Fsp3) is 0.520. The zero-order valence-electron chi connectivity index (χ0n) is 20.1. The first-order valence-electron chi connectivity index (χ1n) is 11.1. The summed E-state index contributed by atoms with van der Waals surface area (Å²) in [7, 11) is 0. The van der Waals surface area contributed by atoms with Crippen LogP contribution < -0.4 is 5.32 Å². The van der Waals surface area contributed by atoms with Crippen molar-refractivity contribution in [3.05, 3.63) is 57.5 Å². The summed E-state index contributed by atoms with van der Waals surface area (Å²) < 4.78 is 13.4. The molecule has 1 aromatic heterocycles. The number of carbonyl (C=O) groups excluding carboxylic acids is 2. The van der Waals surface area contributed by atoms with E-state index in [0.29, 0.717) is 19.6 Å². The Kier molecular flexibility index (Phi) is 9.25. The minimum absolute atomic E-state index is 0.00218. The average Bonchev–Trinajstić information content (AvgIpc) is 3.11. The van der Waals surface area contributed by atoms with Crippen molar-refractivity contribution in [2.45, 2.75) is 66.6 Å². The van der Waals surface area contributed by atoms with Crippen LogP contribution in [0.25, 0.3) is 0 Å². The van der Waals surface area contributed by atoms with Crippen molar-refractivity contribution in [3.63, 3.8) is 0 Å². The Balaban J connectivity index is 2.22. The van der Waals surface area contributed by atoms with Crippen LogP contribution in [0.4, 0.5) is 9.18 Å². The minimum atomic E-state index is -0.393. The van der Waals surface area contributed by atoms with Crippen molar-refractivity contribution in [2.75, 3.05) is 13.1 Å². The molecule has 0 spiro atoms. The van der Waals surface area contributed by atoms with Gasteiger partial charge in [0.1, 0.15) is 12.4 Å². The number of nitrogens with zero attached hydrogens (tertiary/aromatic N) is 2. The molecule has 0 radical (unpaired) electrons. The predicted octanol–water partition coefficient (Wildman–Crippen LogP) is 5.58. The summed E-state index contributed by atoms with van der Waals surface area (Å²) in [6.45, 7) is 13.3. The van der Waals surface area contributed by atoms with Crippen LogP contribution in [0.15, 0.2) is 36.4 Å². The molecule has 32 heavy (non-hydrogen) atoms. The first-order chi connectivity index (χ1) is 15.0. The third kappa shape index (κ3) is 8.61. The number of hydrogen-bond acceptors (Lipinski definition) is 3. The molecule has 0 aliphatic heterocycles. The lowest BCUT2D eigenvalue weighted by Gasteiger charge is -2.32. The molecule has 0 fully saturated rings. The average molecular weight is 462 g/mol. The quantitative estimate of drug-likeness (QED) is 0.530. The van der Waals surface area contributed by atoms with E-state index >= 15 is 0 Å². The van der Waals surface area contributed by atoms with E-state index in [1.807, 2.05) is 39.8 Å². The molecule has 1 aromatic carbocycles. The van der Waals surface area contributed by atoms with Crippen molar-refractivity contribution >= 4 is 23.3 Å². The van der Waals surface area contributed by atoms with E-state index in [1.165, 1.54) is 17.0 Å².